The van der Waals surface area contributed by atoms with Crippen LogP contribution < -0.4 is 15.4 Å². The molecular formula is C19H25ClN4O. The lowest BCUT2D eigenvalue weighted by Gasteiger charge is -2.15. The van der Waals surface area contributed by atoms with Gasteiger partial charge in [-0.1, -0.05) is 29.8 Å². The number of ether oxygens (including phenoxy) is 1. The van der Waals surface area contributed by atoms with Crippen molar-refractivity contribution >= 4 is 17.6 Å². The number of aryl methyl sites for hydroxylation is 1. The summed E-state index contributed by atoms with van der Waals surface area (Å²) in [7, 11) is 3.43. The Labute approximate surface area is 154 Å². The summed E-state index contributed by atoms with van der Waals surface area (Å²) in [6.45, 7) is 5.33. The van der Waals surface area contributed by atoms with E-state index in [2.05, 4.69) is 20.6 Å². The van der Waals surface area contributed by atoms with Crippen LogP contribution in [-0.2, 0) is 13.0 Å². The van der Waals surface area contributed by atoms with Gasteiger partial charge in [0.1, 0.15) is 5.75 Å². The number of hydrogen-bond acceptors (Lipinski definition) is 3. The Kier molecular flexibility index (Phi) is 7.07. The van der Waals surface area contributed by atoms with E-state index in [9.17, 15) is 0 Å². The van der Waals surface area contributed by atoms with E-state index in [1.807, 2.05) is 44.3 Å². The summed E-state index contributed by atoms with van der Waals surface area (Å²) in [6.07, 6.45) is 2.66. The van der Waals surface area contributed by atoms with Crippen molar-refractivity contribution in [3.63, 3.8) is 0 Å². The first-order valence-corrected chi connectivity index (χ1v) is 8.61. The number of aliphatic imine (C=N–C) groups is 1. The Balaban J connectivity index is 1.90. The second-order valence-electron chi connectivity index (χ2n) is 5.74. The van der Waals surface area contributed by atoms with E-state index in [4.69, 9.17) is 16.3 Å². The first kappa shape index (κ1) is 19.1. The third-order valence-electron chi connectivity index (χ3n) is 4.04. The quantitative estimate of drug-likeness (QED) is 0.613. The lowest BCUT2D eigenvalue weighted by Crippen LogP contribution is -2.38. The maximum absolute atomic E-state index is 6.18. The molecule has 5 nitrogen and oxygen atoms in total. The molecule has 0 aliphatic carbocycles. The molecule has 0 fully saturated rings. The van der Waals surface area contributed by atoms with Gasteiger partial charge in [-0.25, -0.2) is 0 Å². The Morgan fingerprint density at radius 1 is 1.24 bits per heavy atom. The summed E-state index contributed by atoms with van der Waals surface area (Å²) in [5, 5.41) is 7.37. The maximum atomic E-state index is 6.18. The number of pyridine rings is 1. The minimum absolute atomic E-state index is 0.578. The van der Waals surface area contributed by atoms with Crippen LogP contribution in [0.2, 0.25) is 5.02 Å². The third-order valence-corrected chi connectivity index (χ3v) is 4.41. The monoisotopic (exact) mass is 360 g/mol. The van der Waals surface area contributed by atoms with Crippen molar-refractivity contribution in [2.75, 3.05) is 20.7 Å². The van der Waals surface area contributed by atoms with E-state index in [1.54, 1.807) is 14.2 Å². The second kappa shape index (κ2) is 9.28. The van der Waals surface area contributed by atoms with Crippen molar-refractivity contribution in [1.29, 1.82) is 0 Å². The number of aromatic nitrogens is 1. The zero-order valence-corrected chi connectivity index (χ0v) is 15.9. The lowest BCUT2D eigenvalue weighted by molar-refractivity contribution is 0.406. The van der Waals surface area contributed by atoms with Gasteiger partial charge in [0.15, 0.2) is 5.96 Å². The number of rotatable bonds is 6. The predicted octanol–water partition coefficient (Wildman–Crippen LogP) is 3.27. The summed E-state index contributed by atoms with van der Waals surface area (Å²) in [5.74, 6) is 1.61. The van der Waals surface area contributed by atoms with Crippen molar-refractivity contribution in [2.45, 2.75) is 26.8 Å². The first-order valence-electron chi connectivity index (χ1n) is 8.23. The highest BCUT2D eigenvalue weighted by Crippen LogP contribution is 2.23. The summed E-state index contributed by atoms with van der Waals surface area (Å²) < 4.78 is 5.45. The van der Waals surface area contributed by atoms with E-state index in [-0.39, 0.29) is 0 Å². The molecule has 0 aliphatic heterocycles. The number of nitrogens with zero attached hydrogens (tertiary/aromatic N) is 2. The smallest absolute Gasteiger partial charge is 0.191 e. The number of hydrogen-bond donors (Lipinski definition) is 2. The van der Waals surface area contributed by atoms with E-state index in [0.29, 0.717) is 6.54 Å². The van der Waals surface area contributed by atoms with Gasteiger partial charge in [0, 0.05) is 35.9 Å². The van der Waals surface area contributed by atoms with Gasteiger partial charge in [0.2, 0.25) is 0 Å². The maximum Gasteiger partial charge on any atom is 0.191 e. The molecular weight excluding hydrogens is 336 g/mol. The van der Waals surface area contributed by atoms with E-state index in [0.717, 1.165) is 52.1 Å². The number of methoxy groups -OCH3 is 1. The molecule has 0 bridgehead atoms. The van der Waals surface area contributed by atoms with Gasteiger partial charge >= 0.3 is 0 Å². The number of nitrogens with one attached hydrogen (secondary N) is 2. The lowest BCUT2D eigenvalue weighted by atomic mass is 10.1. The predicted molar refractivity (Wildman–Crippen MR) is 104 cm³/mol. The highest BCUT2D eigenvalue weighted by Gasteiger charge is 2.10. The molecule has 25 heavy (non-hydrogen) atoms. The fourth-order valence-electron chi connectivity index (χ4n) is 2.65. The average molecular weight is 361 g/mol. The normalized spacial score (nSPS) is 11.3. The SMILES string of the molecule is CN=C(NCCc1ccccc1Cl)NCc1ncc(C)c(OC)c1C. The van der Waals surface area contributed by atoms with E-state index in [1.165, 1.54) is 0 Å². The molecule has 0 saturated carbocycles. The largest absolute Gasteiger partial charge is 0.496 e. The molecule has 0 amide bonds. The minimum Gasteiger partial charge on any atom is -0.496 e. The second-order valence-corrected chi connectivity index (χ2v) is 6.15. The van der Waals surface area contributed by atoms with Crippen LogP contribution in [0.5, 0.6) is 5.75 Å². The van der Waals surface area contributed by atoms with Gasteiger partial charge in [0.05, 0.1) is 19.3 Å². The van der Waals surface area contributed by atoms with Crippen LogP contribution in [0.3, 0.4) is 0 Å². The molecule has 2 N–H and O–H groups in total. The zero-order chi connectivity index (χ0) is 18.2. The Morgan fingerprint density at radius 3 is 2.68 bits per heavy atom. The van der Waals surface area contributed by atoms with Crippen molar-refractivity contribution in [3.8, 4) is 5.75 Å². The molecule has 0 unspecified atom stereocenters. The van der Waals surface area contributed by atoms with Crippen molar-refractivity contribution in [1.82, 2.24) is 15.6 Å². The van der Waals surface area contributed by atoms with Gasteiger partial charge in [-0.2, -0.15) is 0 Å². The van der Waals surface area contributed by atoms with Crippen molar-refractivity contribution in [3.05, 3.63) is 57.9 Å². The molecule has 134 valence electrons. The Bertz CT molecular complexity index is 746. The molecule has 0 atom stereocenters. The highest BCUT2D eigenvalue weighted by atomic mass is 35.5. The van der Waals surface area contributed by atoms with Gasteiger partial charge in [-0.15, -0.1) is 0 Å². The summed E-state index contributed by atoms with van der Waals surface area (Å²) in [5.41, 5.74) is 4.14. The van der Waals surface area contributed by atoms with Crippen LogP contribution in [-0.4, -0.2) is 31.6 Å². The van der Waals surface area contributed by atoms with Crippen LogP contribution in [0.25, 0.3) is 0 Å². The molecule has 0 radical (unpaired) electrons. The third kappa shape index (κ3) is 5.10. The number of halogens is 1. The molecule has 0 spiro atoms. The molecule has 2 rings (SSSR count). The fraction of sp³-hybridized carbons (Fsp3) is 0.368. The van der Waals surface area contributed by atoms with Crippen LogP contribution in [0, 0.1) is 13.8 Å². The van der Waals surface area contributed by atoms with Crippen LogP contribution in [0.4, 0.5) is 0 Å². The summed E-state index contributed by atoms with van der Waals surface area (Å²) >= 11 is 6.18. The molecule has 1 aromatic carbocycles. The molecule has 1 aromatic heterocycles. The van der Waals surface area contributed by atoms with Gasteiger partial charge in [-0.05, 0) is 31.9 Å². The standard InChI is InChI=1S/C19H25ClN4O/c1-13-11-23-17(14(2)18(13)25-4)12-24-19(21-3)22-10-9-15-7-5-6-8-16(15)20/h5-8,11H,9-10,12H2,1-4H3,(H2,21,22,24). The van der Waals surface area contributed by atoms with Crippen LogP contribution >= 0.6 is 11.6 Å². The minimum atomic E-state index is 0.578. The highest BCUT2D eigenvalue weighted by molar-refractivity contribution is 6.31. The van der Waals surface area contributed by atoms with E-state index < -0.39 is 0 Å². The Morgan fingerprint density at radius 2 is 2.00 bits per heavy atom. The van der Waals surface area contributed by atoms with Crippen molar-refractivity contribution < 1.29 is 4.74 Å². The zero-order valence-electron chi connectivity index (χ0n) is 15.2. The van der Waals surface area contributed by atoms with Gasteiger partial charge in [0.25, 0.3) is 0 Å². The molecule has 2 aromatic rings. The van der Waals surface area contributed by atoms with Crippen molar-refractivity contribution in [2.24, 2.45) is 4.99 Å². The topological polar surface area (TPSA) is 58.5 Å². The molecule has 6 heteroatoms. The molecule has 1 heterocycles. The average Bonchev–Trinajstić information content (AvgIpc) is 2.61. The molecule has 0 aliphatic rings. The number of guanidine groups is 1. The van der Waals surface area contributed by atoms with Crippen LogP contribution in [0.15, 0.2) is 35.5 Å². The van der Waals surface area contributed by atoms with Crippen LogP contribution in [0.1, 0.15) is 22.4 Å². The first-order chi connectivity index (χ1) is 12.1. The van der Waals surface area contributed by atoms with E-state index >= 15 is 0 Å². The molecule has 0 saturated heterocycles. The fourth-order valence-corrected chi connectivity index (χ4v) is 2.88. The summed E-state index contributed by atoms with van der Waals surface area (Å²) in [4.78, 5) is 8.74. The Hall–Kier alpha value is -2.27. The van der Waals surface area contributed by atoms with Gasteiger partial charge < -0.3 is 15.4 Å². The van der Waals surface area contributed by atoms with Gasteiger partial charge in [-0.3, -0.25) is 9.98 Å². The summed E-state index contributed by atoms with van der Waals surface area (Å²) in [6, 6.07) is 7.87. The number of benzene rings is 1.